The summed E-state index contributed by atoms with van der Waals surface area (Å²) in [5, 5.41) is 0. The lowest BCUT2D eigenvalue weighted by Crippen LogP contribution is -2.28. The van der Waals surface area contributed by atoms with Gasteiger partial charge in [-0.25, -0.2) is 4.79 Å². The average Bonchev–Trinajstić information content (AvgIpc) is 2.62. The topological polar surface area (TPSA) is 96.8 Å². The Morgan fingerprint density at radius 1 is 0.958 bits per heavy atom. The van der Waals surface area contributed by atoms with Crippen LogP contribution in [0, 0.1) is 0 Å². The van der Waals surface area contributed by atoms with Gasteiger partial charge < -0.3 is 10.3 Å². The van der Waals surface area contributed by atoms with Crippen molar-refractivity contribution in [2.45, 2.75) is 6.92 Å². The summed E-state index contributed by atoms with van der Waals surface area (Å²) in [5.74, 6) is -2.30. The highest BCUT2D eigenvalue weighted by Crippen LogP contribution is 2.16. The third-order valence-corrected chi connectivity index (χ3v) is 3.24. The highest BCUT2D eigenvalue weighted by molar-refractivity contribution is 6.66. The van der Waals surface area contributed by atoms with Gasteiger partial charge in [0, 0.05) is 16.7 Å². The van der Waals surface area contributed by atoms with Crippen molar-refractivity contribution in [3.05, 3.63) is 76.8 Å². The van der Waals surface area contributed by atoms with Crippen molar-refractivity contribution >= 4 is 23.2 Å². The smallest absolute Gasteiger partial charge is 0.446 e. The molecule has 0 aliphatic carbocycles. The summed E-state index contributed by atoms with van der Waals surface area (Å²) in [4.78, 5) is 39.6. The largest absolute Gasteiger partial charge is 0.457 e. The van der Waals surface area contributed by atoms with Crippen molar-refractivity contribution in [3.8, 4) is 0 Å². The number of nitrogens with zero attached hydrogens (tertiary/aromatic N) is 2. The molecule has 2 aromatic carbocycles. The van der Waals surface area contributed by atoms with Gasteiger partial charge in [-0.1, -0.05) is 48.5 Å². The third kappa shape index (κ3) is 3.51. The molecule has 0 aromatic heterocycles. The summed E-state index contributed by atoms with van der Waals surface area (Å²) in [7, 11) is 0. The van der Waals surface area contributed by atoms with Crippen LogP contribution in [0.1, 0.15) is 33.2 Å². The van der Waals surface area contributed by atoms with Crippen molar-refractivity contribution in [2.24, 2.45) is 0 Å². The second-order valence-electron chi connectivity index (χ2n) is 4.74. The van der Waals surface area contributed by atoms with Crippen LogP contribution in [0.4, 0.5) is 0 Å². The van der Waals surface area contributed by atoms with Crippen molar-refractivity contribution < 1.29 is 23.9 Å². The molecule has 0 saturated carbocycles. The molecule has 0 bridgehead atoms. The van der Waals surface area contributed by atoms with Gasteiger partial charge in [0.2, 0.25) is 0 Å². The molecule has 0 saturated heterocycles. The van der Waals surface area contributed by atoms with E-state index in [0.29, 0.717) is 5.56 Å². The van der Waals surface area contributed by atoms with Crippen LogP contribution < -0.4 is 0 Å². The molecule has 0 aliphatic heterocycles. The molecular weight excluding hydrogens is 308 g/mol. The van der Waals surface area contributed by atoms with Crippen molar-refractivity contribution in [2.75, 3.05) is 6.61 Å². The van der Waals surface area contributed by atoms with Crippen LogP contribution in [-0.4, -0.2) is 34.6 Å². The first kappa shape index (κ1) is 17.0. The molecule has 0 fully saturated rings. The summed E-state index contributed by atoms with van der Waals surface area (Å²) in [5.41, 5.74) is 8.68. The quantitative estimate of drug-likeness (QED) is 0.203. The van der Waals surface area contributed by atoms with Gasteiger partial charge in [0.05, 0.1) is 6.61 Å². The lowest BCUT2D eigenvalue weighted by molar-refractivity contribution is -0.139. The molecule has 6 heteroatoms. The summed E-state index contributed by atoms with van der Waals surface area (Å²) >= 11 is 0. The summed E-state index contributed by atoms with van der Waals surface area (Å²) in [6.07, 6.45) is 0. The Morgan fingerprint density at radius 3 is 2.12 bits per heavy atom. The second kappa shape index (κ2) is 7.76. The lowest BCUT2D eigenvalue weighted by Gasteiger charge is -2.06. The number of hydrogen-bond acceptors (Lipinski definition) is 4. The van der Waals surface area contributed by atoms with E-state index in [9.17, 15) is 14.4 Å². The molecule has 0 spiro atoms. The maximum atomic E-state index is 12.6. The Hall–Kier alpha value is -3.37. The summed E-state index contributed by atoms with van der Waals surface area (Å²) in [6, 6.07) is 14.4. The van der Waals surface area contributed by atoms with Gasteiger partial charge in [-0.05, 0) is 13.0 Å². The van der Waals surface area contributed by atoms with Gasteiger partial charge in [0.15, 0.2) is 5.78 Å². The number of carbonyl (C=O) groups excluding carboxylic acids is 3. The maximum Gasteiger partial charge on any atom is 0.446 e. The number of Topliss-reactive ketones (excluding diaryl/α,β-unsaturated/α-hetero) is 1. The van der Waals surface area contributed by atoms with E-state index in [1.165, 1.54) is 12.1 Å². The minimum atomic E-state index is -1.05. The van der Waals surface area contributed by atoms with Gasteiger partial charge in [0.25, 0.3) is 5.78 Å². The molecule has 0 radical (unpaired) electrons. The molecule has 0 N–H and O–H groups in total. The number of ether oxygens (including phenoxy) is 1. The Morgan fingerprint density at radius 2 is 1.54 bits per heavy atom. The Balaban J connectivity index is 2.46. The van der Waals surface area contributed by atoms with Gasteiger partial charge in [0.1, 0.15) is 0 Å². The molecule has 120 valence electrons. The van der Waals surface area contributed by atoms with Crippen LogP contribution in [0.25, 0.3) is 5.53 Å². The van der Waals surface area contributed by atoms with E-state index in [0.717, 1.165) is 0 Å². The predicted molar refractivity (Wildman–Crippen MR) is 85.9 cm³/mol. The molecule has 2 aromatic rings. The molecule has 6 nitrogen and oxygen atoms in total. The minimum absolute atomic E-state index is 0.0235. The zero-order valence-electron chi connectivity index (χ0n) is 12.9. The van der Waals surface area contributed by atoms with Gasteiger partial charge in [-0.3, -0.25) is 9.59 Å². The molecule has 2 rings (SSSR count). The molecule has 24 heavy (non-hydrogen) atoms. The maximum absolute atomic E-state index is 12.6. The van der Waals surface area contributed by atoms with Crippen LogP contribution in [0.2, 0.25) is 0 Å². The zero-order chi connectivity index (χ0) is 17.5. The Bertz CT molecular complexity index is 837. The third-order valence-electron chi connectivity index (χ3n) is 3.24. The van der Waals surface area contributed by atoms with Crippen LogP contribution in [0.3, 0.4) is 0 Å². The lowest BCUT2D eigenvalue weighted by atomic mass is 9.94. The van der Waals surface area contributed by atoms with Gasteiger partial charge in [-0.2, -0.15) is 4.79 Å². The van der Waals surface area contributed by atoms with E-state index in [1.807, 2.05) is 0 Å². The highest BCUT2D eigenvalue weighted by Gasteiger charge is 2.34. The fourth-order valence-electron chi connectivity index (χ4n) is 2.13. The molecule has 0 unspecified atom stereocenters. The zero-order valence-corrected chi connectivity index (χ0v) is 12.9. The fourth-order valence-corrected chi connectivity index (χ4v) is 2.13. The number of rotatable bonds is 6. The number of carbonyl (C=O) groups is 3. The first-order valence-corrected chi connectivity index (χ1v) is 7.22. The van der Waals surface area contributed by atoms with E-state index >= 15 is 0 Å². The van der Waals surface area contributed by atoms with Crippen molar-refractivity contribution in [3.63, 3.8) is 0 Å². The number of hydrogen-bond donors (Lipinski definition) is 0. The van der Waals surface area contributed by atoms with Crippen LogP contribution in [0.15, 0.2) is 54.6 Å². The molecule has 0 amide bonds. The van der Waals surface area contributed by atoms with Crippen molar-refractivity contribution in [1.82, 2.24) is 0 Å². The van der Waals surface area contributed by atoms with E-state index in [-0.39, 0.29) is 23.5 Å². The first-order chi connectivity index (χ1) is 11.6. The highest BCUT2D eigenvalue weighted by atomic mass is 16.5. The molecule has 0 aliphatic rings. The normalized spacial score (nSPS) is 9.71. The first-order valence-electron chi connectivity index (χ1n) is 7.22. The number of esters is 1. The second-order valence-corrected chi connectivity index (χ2v) is 4.74. The molecule has 0 atom stereocenters. The number of benzene rings is 2. The van der Waals surface area contributed by atoms with Gasteiger partial charge >= 0.3 is 11.7 Å². The SMILES string of the molecule is CCOC(=O)C(=[N+]=[N-])C(=O)c1ccccc1C(=O)c1ccccc1. The molecule has 0 heterocycles. The van der Waals surface area contributed by atoms with Crippen LogP contribution in [-0.2, 0) is 9.53 Å². The molecular formula is C18H14N2O4. The summed E-state index contributed by atoms with van der Waals surface area (Å²) in [6.45, 7) is 1.58. The van der Waals surface area contributed by atoms with E-state index in [4.69, 9.17) is 5.53 Å². The van der Waals surface area contributed by atoms with Crippen molar-refractivity contribution in [1.29, 1.82) is 0 Å². The minimum Gasteiger partial charge on any atom is -0.457 e. The van der Waals surface area contributed by atoms with E-state index < -0.39 is 17.5 Å². The van der Waals surface area contributed by atoms with Crippen LogP contribution in [0.5, 0.6) is 0 Å². The monoisotopic (exact) mass is 322 g/mol. The van der Waals surface area contributed by atoms with Gasteiger partial charge in [-0.15, -0.1) is 0 Å². The van der Waals surface area contributed by atoms with E-state index in [2.05, 4.69) is 9.53 Å². The standard InChI is InChI=1S/C18H14N2O4/c1-2-24-18(23)15(20-19)17(22)14-11-7-6-10-13(14)16(21)12-8-4-3-5-9-12/h3-11H,2H2,1H3. The average molecular weight is 322 g/mol. The Kier molecular flexibility index (Phi) is 5.49. The summed E-state index contributed by atoms with van der Waals surface area (Å²) < 4.78 is 4.69. The van der Waals surface area contributed by atoms with Crippen LogP contribution >= 0.6 is 0 Å². The fraction of sp³-hybridized carbons (Fsp3) is 0.111. The number of ketones is 2. The predicted octanol–water partition coefficient (Wildman–Crippen LogP) is 2.33. The Labute approximate surface area is 138 Å². The van der Waals surface area contributed by atoms with E-state index in [1.54, 1.807) is 49.4 Å².